The number of hydrogen-bond acceptors (Lipinski definition) is 8. The number of esters is 4. The minimum Gasteiger partial charge on any atom is -0.462 e. The standard InChI is InChI=1S/C22H35NO8/c1-6-7-10-23(11-8-19(24)28-13-15-30-21(26)17(2)3)12-9-20(25)29-14-16-31-22(27)18(4)5/h2,4,6-16H2,1,3,5H3/p+1. The van der Waals surface area contributed by atoms with Crippen LogP contribution < -0.4 is 4.90 Å². The zero-order chi connectivity index (χ0) is 23.6. The molecule has 1 N–H and O–H groups in total. The van der Waals surface area contributed by atoms with Gasteiger partial charge in [-0.1, -0.05) is 26.5 Å². The summed E-state index contributed by atoms with van der Waals surface area (Å²) in [7, 11) is 0. The highest BCUT2D eigenvalue weighted by atomic mass is 16.6. The second-order valence-corrected chi connectivity index (χ2v) is 7.13. The van der Waals surface area contributed by atoms with Crippen LogP contribution in [0, 0.1) is 0 Å². The van der Waals surface area contributed by atoms with E-state index < -0.39 is 11.9 Å². The third-order valence-corrected chi connectivity index (χ3v) is 4.11. The summed E-state index contributed by atoms with van der Waals surface area (Å²) >= 11 is 0. The smallest absolute Gasteiger partial charge is 0.333 e. The number of hydrogen-bond donors (Lipinski definition) is 1. The normalized spacial score (nSPS) is 10.3. The lowest BCUT2D eigenvalue weighted by atomic mass is 10.2. The third-order valence-electron chi connectivity index (χ3n) is 4.11. The first-order chi connectivity index (χ1) is 14.7. The van der Waals surface area contributed by atoms with Gasteiger partial charge in [-0.2, -0.15) is 0 Å². The largest absolute Gasteiger partial charge is 0.462 e. The average molecular weight is 443 g/mol. The Labute approximate surface area is 184 Å². The summed E-state index contributed by atoms with van der Waals surface area (Å²) in [6.45, 7) is 13.9. The van der Waals surface area contributed by atoms with Crippen molar-refractivity contribution < 1.29 is 43.0 Å². The first kappa shape index (κ1) is 28.3. The number of ether oxygens (including phenoxy) is 4. The molecule has 0 bridgehead atoms. The molecule has 0 aliphatic rings. The molecule has 0 saturated heterocycles. The molecule has 176 valence electrons. The monoisotopic (exact) mass is 442 g/mol. The Morgan fingerprint density at radius 3 is 1.42 bits per heavy atom. The van der Waals surface area contributed by atoms with Crippen molar-refractivity contribution in [1.82, 2.24) is 0 Å². The van der Waals surface area contributed by atoms with Crippen LogP contribution in [0.15, 0.2) is 24.3 Å². The second-order valence-electron chi connectivity index (χ2n) is 7.13. The molecule has 0 radical (unpaired) electrons. The Hall–Kier alpha value is -2.68. The molecule has 0 aliphatic carbocycles. The van der Waals surface area contributed by atoms with Gasteiger partial charge in [-0.05, 0) is 20.3 Å². The molecule has 0 atom stereocenters. The van der Waals surface area contributed by atoms with Crippen LogP contribution in [0.5, 0.6) is 0 Å². The molecule has 0 rings (SSSR count). The molecule has 0 amide bonds. The van der Waals surface area contributed by atoms with Crippen molar-refractivity contribution >= 4 is 23.9 Å². The molecule has 0 fully saturated rings. The SMILES string of the molecule is C=C(C)C(=O)OCCOC(=O)CC[NH+](CCCC)CCC(=O)OCCOC(=O)C(=C)C. The van der Waals surface area contributed by atoms with Gasteiger partial charge in [0.2, 0.25) is 0 Å². The molecule has 0 heterocycles. The lowest BCUT2D eigenvalue weighted by Crippen LogP contribution is -3.12. The fraction of sp³-hybridized carbons (Fsp3) is 0.636. The van der Waals surface area contributed by atoms with Crippen LogP contribution in [-0.2, 0) is 38.1 Å². The molecule has 9 heteroatoms. The predicted octanol–water partition coefficient (Wildman–Crippen LogP) is 0.777. The van der Waals surface area contributed by atoms with Gasteiger partial charge in [0.15, 0.2) is 0 Å². The predicted molar refractivity (Wildman–Crippen MR) is 113 cm³/mol. The summed E-state index contributed by atoms with van der Waals surface area (Å²) in [5.74, 6) is -1.82. The van der Waals surface area contributed by atoms with E-state index in [2.05, 4.69) is 20.1 Å². The molecule has 0 saturated carbocycles. The Morgan fingerprint density at radius 2 is 1.06 bits per heavy atom. The van der Waals surface area contributed by atoms with E-state index in [9.17, 15) is 19.2 Å². The lowest BCUT2D eigenvalue weighted by Gasteiger charge is -2.18. The van der Waals surface area contributed by atoms with Gasteiger partial charge >= 0.3 is 23.9 Å². The van der Waals surface area contributed by atoms with Crippen LogP contribution in [0.2, 0.25) is 0 Å². The number of carbonyl (C=O) groups excluding carboxylic acids is 4. The molecule has 0 aromatic rings. The summed E-state index contributed by atoms with van der Waals surface area (Å²) in [4.78, 5) is 47.3. The fourth-order valence-corrected chi connectivity index (χ4v) is 2.33. The van der Waals surface area contributed by atoms with Gasteiger partial charge in [0.05, 0.1) is 32.5 Å². The van der Waals surface area contributed by atoms with Crippen molar-refractivity contribution in [1.29, 1.82) is 0 Å². The first-order valence-corrected chi connectivity index (χ1v) is 10.5. The third kappa shape index (κ3) is 15.8. The van der Waals surface area contributed by atoms with E-state index in [-0.39, 0.29) is 62.4 Å². The van der Waals surface area contributed by atoms with Gasteiger partial charge in [-0.25, -0.2) is 9.59 Å². The number of rotatable bonds is 17. The van der Waals surface area contributed by atoms with E-state index in [1.165, 1.54) is 13.8 Å². The zero-order valence-electron chi connectivity index (χ0n) is 19.0. The highest BCUT2D eigenvalue weighted by molar-refractivity contribution is 5.87. The van der Waals surface area contributed by atoms with Crippen LogP contribution in [0.3, 0.4) is 0 Å². The lowest BCUT2D eigenvalue weighted by molar-refractivity contribution is -0.899. The fourth-order valence-electron chi connectivity index (χ4n) is 2.33. The van der Waals surface area contributed by atoms with Crippen LogP contribution in [0.25, 0.3) is 0 Å². The number of carbonyl (C=O) groups is 4. The van der Waals surface area contributed by atoms with Crippen LogP contribution in [0.4, 0.5) is 0 Å². The van der Waals surface area contributed by atoms with Crippen LogP contribution in [0.1, 0.15) is 46.5 Å². The Balaban J connectivity index is 4.13. The number of quaternary nitrogens is 1. The number of nitrogens with one attached hydrogen (secondary N) is 1. The van der Waals surface area contributed by atoms with Crippen molar-refractivity contribution in [3.05, 3.63) is 24.3 Å². The Kier molecular flexibility index (Phi) is 15.6. The molecule has 0 unspecified atom stereocenters. The van der Waals surface area contributed by atoms with E-state index in [4.69, 9.17) is 18.9 Å². The van der Waals surface area contributed by atoms with Crippen molar-refractivity contribution in [3.8, 4) is 0 Å². The molecule has 0 aromatic heterocycles. The second kappa shape index (κ2) is 17.0. The van der Waals surface area contributed by atoms with Crippen molar-refractivity contribution in [2.24, 2.45) is 0 Å². The Morgan fingerprint density at radius 1 is 0.677 bits per heavy atom. The van der Waals surface area contributed by atoms with E-state index in [1.54, 1.807) is 0 Å². The summed E-state index contributed by atoms with van der Waals surface area (Å²) in [6.07, 6.45) is 2.35. The van der Waals surface area contributed by atoms with Crippen molar-refractivity contribution in [2.75, 3.05) is 46.1 Å². The van der Waals surface area contributed by atoms with E-state index >= 15 is 0 Å². The van der Waals surface area contributed by atoms with E-state index in [0.29, 0.717) is 13.1 Å². The highest BCUT2D eigenvalue weighted by Gasteiger charge is 2.15. The van der Waals surface area contributed by atoms with E-state index in [1.807, 2.05) is 0 Å². The van der Waals surface area contributed by atoms with Crippen molar-refractivity contribution in [3.63, 3.8) is 0 Å². The van der Waals surface area contributed by atoms with Crippen LogP contribution in [-0.4, -0.2) is 69.9 Å². The average Bonchev–Trinajstić information content (AvgIpc) is 2.72. The van der Waals surface area contributed by atoms with Gasteiger partial charge in [0, 0.05) is 11.1 Å². The highest BCUT2D eigenvalue weighted by Crippen LogP contribution is 1.94. The molecular weight excluding hydrogens is 406 g/mol. The molecule has 0 aromatic carbocycles. The molecular formula is C22H36NO8+. The minimum atomic E-state index is -0.521. The van der Waals surface area contributed by atoms with Gasteiger partial charge < -0.3 is 23.8 Å². The molecule has 0 spiro atoms. The zero-order valence-corrected chi connectivity index (χ0v) is 19.0. The summed E-state index contributed by atoms with van der Waals surface area (Å²) in [6, 6.07) is 0. The Bertz CT molecular complexity index is 579. The van der Waals surface area contributed by atoms with Crippen LogP contribution >= 0.6 is 0 Å². The summed E-state index contributed by atoms with van der Waals surface area (Å²) < 4.78 is 19.8. The maximum atomic E-state index is 11.9. The van der Waals surface area contributed by atoms with Gasteiger partial charge in [0.1, 0.15) is 26.4 Å². The molecule has 9 nitrogen and oxygen atoms in total. The van der Waals surface area contributed by atoms with Gasteiger partial charge in [-0.15, -0.1) is 0 Å². The maximum absolute atomic E-state index is 11.9. The summed E-state index contributed by atoms with van der Waals surface area (Å²) in [5.41, 5.74) is 0.570. The molecule has 31 heavy (non-hydrogen) atoms. The van der Waals surface area contributed by atoms with E-state index in [0.717, 1.165) is 24.3 Å². The quantitative estimate of drug-likeness (QED) is 0.152. The maximum Gasteiger partial charge on any atom is 0.333 e. The summed E-state index contributed by atoms with van der Waals surface area (Å²) in [5, 5.41) is 0. The van der Waals surface area contributed by atoms with Gasteiger partial charge in [-0.3, -0.25) is 9.59 Å². The number of unbranched alkanes of at least 4 members (excludes halogenated alkanes) is 1. The van der Waals surface area contributed by atoms with Gasteiger partial charge in [0.25, 0.3) is 0 Å². The molecule has 0 aliphatic heterocycles. The minimum absolute atomic E-state index is 0.00950. The first-order valence-electron chi connectivity index (χ1n) is 10.5. The topological polar surface area (TPSA) is 110 Å². The van der Waals surface area contributed by atoms with Crippen molar-refractivity contribution in [2.45, 2.75) is 46.5 Å².